The van der Waals surface area contributed by atoms with Gasteiger partial charge >= 0.3 is 5.97 Å². The molecule has 0 fully saturated rings. The Morgan fingerprint density at radius 3 is 2.36 bits per heavy atom. The molecule has 0 amide bonds. The van der Waals surface area contributed by atoms with Crippen molar-refractivity contribution in [1.29, 1.82) is 0 Å². The minimum absolute atomic E-state index is 0.323. The highest BCUT2D eigenvalue weighted by Gasteiger charge is 2.16. The van der Waals surface area contributed by atoms with Crippen LogP contribution in [0.5, 0.6) is 0 Å². The van der Waals surface area contributed by atoms with Gasteiger partial charge in [-0.1, -0.05) is 0 Å². The van der Waals surface area contributed by atoms with Gasteiger partial charge in [-0.05, 0) is 12.2 Å². The largest absolute Gasteiger partial charge is 0.480 e. The average Bonchev–Trinajstić information content (AvgIpc) is 2.16. The first-order valence-electron chi connectivity index (χ1n) is 4.26. The van der Waals surface area contributed by atoms with Crippen LogP contribution < -0.4 is 0 Å². The van der Waals surface area contributed by atoms with E-state index < -0.39 is 5.97 Å². The highest BCUT2D eigenvalue weighted by atomic mass is 35.5. The Hall–Kier alpha value is 0.750. The molecule has 0 aromatic carbocycles. The van der Waals surface area contributed by atoms with E-state index in [4.69, 9.17) is 28.3 Å². The van der Waals surface area contributed by atoms with Crippen LogP contribution in [0.2, 0.25) is 0 Å². The molecule has 0 saturated heterocycles. The van der Waals surface area contributed by atoms with E-state index in [9.17, 15) is 4.79 Å². The smallest absolute Gasteiger partial charge is 0.316 e. The van der Waals surface area contributed by atoms with Gasteiger partial charge in [-0.2, -0.15) is 11.8 Å². The van der Waals surface area contributed by atoms with E-state index in [1.807, 2.05) is 0 Å². The van der Waals surface area contributed by atoms with E-state index >= 15 is 0 Å². The topological polar surface area (TPSA) is 37.3 Å². The summed E-state index contributed by atoms with van der Waals surface area (Å²) in [6, 6.07) is 0. The van der Waals surface area contributed by atoms with Crippen LogP contribution in [0.15, 0.2) is 0 Å². The quantitative estimate of drug-likeness (QED) is 0.519. The van der Waals surface area contributed by atoms with E-state index in [0.29, 0.717) is 23.9 Å². The molecule has 0 saturated carbocycles. The first kappa shape index (κ1) is 14.8. The van der Waals surface area contributed by atoms with E-state index in [0.717, 1.165) is 11.5 Å². The number of carboxylic acid groups (broad SMARTS) is 1. The summed E-state index contributed by atoms with van der Waals surface area (Å²) in [6.07, 6.45) is 0.679. The number of hydrogen-bond acceptors (Lipinski definition) is 3. The maximum atomic E-state index is 10.8. The van der Waals surface area contributed by atoms with Gasteiger partial charge in [0.15, 0.2) is 0 Å². The van der Waals surface area contributed by atoms with Gasteiger partial charge < -0.3 is 5.11 Å². The van der Waals surface area contributed by atoms with Crippen LogP contribution in [0.4, 0.5) is 0 Å². The minimum atomic E-state index is -0.744. The third-order valence-electron chi connectivity index (χ3n) is 1.42. The predicted molar refractivity (Wildman–Crippen MR) is 67.3 cm³/mol. The minimum Gasteiger partial charge on any atom is -0.480 e. The molecule has 0 aliphatic carbocycles. The SMILES string of the molecule is O=C(O)C(CCSCCCl)SCCCl. The van der Waals surface area contributed by atoms with E-state index in [-0.39, 0.29) is 5.25 Å². The zero-order chi connectivity index (χ0) is 10.8. The highest BCUT2D eigenvalue weighted by Crippen LogP contribution is 2.18. The van der Waals surface area contributed by atoms with Crippen LogP contribution in [-0.4, -0.2) is 45.3 Å². The lowest BCUT2D eigenvalue weighted by Crippen LogP contribution is -2.18. The number of hydrogen-bond donors (Lipinski definition) is 1. The second-order valence-corrected chi connectivity index (χ2v) is 5.77. The van der Waals surface area contributed by atoms with Crippen LogP contribution in [0.25, 0.3) is 0 Å². The zero-order valence-corrected chi connectivity index (χ0v) is 10.9. The first-order chi connectivity index (χ1) is 6.72. The number of rotatable bonds is 9. The molecule has 1 unspecified atom stereocenters. The van der Waals surface area contributed by atoms with Gasteiger partial charge in [-0.25, -0.2) is 0 Å². The number of carbonyl (C=O) groups is 1. The molecule has 2 nitrogen and oxygen atoms in total. The van der Waals surface area contributed by atoms with Gasteiger partial charge in [0.1, 0.15) is 5.25 Å². The van der Waals surface area contributed by atoms with Crippen molar-refractivity contribution in [2.24, 2.45) is 0 Å². The van der Waals surface area contributed by atoms with Gasteiger partial charge in [0.2, 0.25) is 0 Å². The van der Waals surface area contributed by atoms with Gasteiger partial charge in [0, 0.05) is 23.3 Å². The van der Waals surface area contributed by atoms with Gasteiger partial charge in [-0.15, -0.1) is 35.0 Å². The number of thioether (sulfide) groups is 2. The van der Waals surface area contributed by atoms with E-state index in [1.165, 1.54) is 11.8 Å². The van der Waals surface area contributed by atoms with Crippen molar-refractivity contribution in [1.82, 2.24) is 0 Å². The van der Waals surface area contributed by atoms with Crippen molar-refractivity contribution in [2.45, 2.75) is 11.7 Å². The number of carboxylic acids is 1. The second-order valence-electron chi connectivity index (χ2n) is 2.48. The average molecular weight is 277 g/mol. The molecule has 0 aliphatic heterocycles. The molecular weight excluding hydrogens is 263 g/mol. The predicted octanol–water partition coefficient (Wildman–Crippen LogP) is 2.77. The summed E-state index contributed by atoms with van der Waals surface area (Å²) in [5.41, 5.74) is 0. The summed E-state index contributed by atoms with van der Waals surface area (Å²) in [6.45, 7) is 0. The molecule has 0 aromatic rings. The summed E-state index contributed by atoms with van der Waals surface area (Å²) in [4.78, 5) is 10.8. The van der Waals surface area contributed by atoms with Gasteiger partial charge in [-0.3, -0.25) is 4.79 Å². The van der Waals surface area contributed by atoms with Crippen molar-refractivity contribution in [3.63, 3.8) is 0 Å². The second kappa shape index (κ2) is 10.3. The van der Waals surface area contributed by atoms with E-state index in [1.54, 1.807) is 11.8 Å². The maximum Gasteiger partial charge on any atom is 0.316 e. The van der Waals surface area contributed by atoms with E-state index in [2.05, 4.69) is 0 Å². The maximum absolute atomic E-state index is 10.8. The summed E-state index contributed by atoms with van der Waals surface area (Å²) >= 11 is 14.1. The molecule has 0 bridgehead atoms. The van der Waals surface area contributed by atoms with Crippen LogP contribution in [0.3, 0.4) is 0 Å². The summed E-state index contributed by atoms with van der Waals surface area (Å²) in [5.74, 6) is 2.80. The normalized spacial score (nSPS) is 12.7. The van der Waals surface area contributed by atoms with Gasteiger partial charge in [0.05, 0.1) is 0 Å². The molecule has 6 heteroatoms. The van der Waals surface area contributed by atoms with Crippen LogP contribution in [0.1, 0.15) is 6.42 Å². The number of aliphatic carboxylic acids is 1. The molecule has 0 radical (unpaired) electrons. The van der Waals surface area contributed by atoms with Crippen molar-refractivity contribution in [3.8, 4) is 0 Å². The van der Waals surface area contributed by atoms with Gasteiger partial charge in [0.25, 0.3) is 0 Å². The van der Waals surface area contributed by atoms with Crippen molar-refractivity contribution in [3.05, 3.63) is 0 Å². The van der Waals surface area contributed by atoms with Crippen LogP contribution in [0, 0.1) is 0 Å². The van der Waals surface area contributed by atoms with Crippen LogP contribution >= 0.6 is 46.7 Å². The Balaban J connectivity index is 3.57. The molecular formula is C8H14Cl2O2S2. The molecule has 0 aliphatic rings. The van der Waals surface area contributed by atoms with Crippen molar-refractivity contribution in [2.75, 3.05) is 29.0 Å². The fourth-order valence-electron chi connectivity index (χ4n) is 0.812. The molecule has 84 valence electrons. The lowest BCUT2D eigenvalue weighted by Gasteiger charge is -2.10. The first-order valence-corrected chi connectivity index (χ1v) is 7.53. The molecule has 0 spiro atoms. The summed E-state index contributed by atoms with van der Waals surface area (Å²) in [7, 11) is 0. The Morgan fingerprint density at radius 2 is 1.86 bits per heavy atom. The summed E-state index contributed by atoms with van der Waals surface area (Å²) in [5, 5.41) is 8.53. The number of halogens is 2. The lowest BCUT2D eigenvalue weighted by atomic mass is 10.3. The molecule has 1 atom stereocenters. The molecule has 0 rings (SSSR count). The fraction of sp³-hybridized carbons (Fsp3) is 0.875. The Kier molecular flexibility index (Phi) is 10.8. The van der Waals surface area contributed by atoms with Crippen LogP contribution in [-0.2, 0) is 4.79 Å². The number of alkyl halides is 2. The summed E-state index contributed by atoms with van der Waals surface area (Å²) < 4.78 is 0. The standard InChI is InChI=1S/C8H14Cl2O2S2/c9-2-5-13-4-1-7(8(11)12)14-6-3-10/h7H,1-6H2,(H,11,12). The third kappa shape index (κ3) is 8.09. The Morgan fingerprint density at radius 1 is 1.21 bits per heavy atom. The highest BCUT2D eigenvalue weighted by molar-refractivity contribution is 8.01. The fourth-order valence-corrected chi connectivity index (χ4v) is 3.07. The third-order valence-corrected chi connectivity index (χ3v) is 4.54. The van der Waals surface area contributed by atoms with Crippen molar-refractivity contribution < 1.29 is 9.90 Å². The Labute approximate surface area is 103 Å². The lowest BCUT2D eigenvalue weighted by molar-refractivity contribution is -0.136. The Bertz CT molecular complexity index is 158. The molecule has 0 heterocycles. The molecule has 14 heavy (non-hydrogen) atoms. The monoisotopic (exact) mass is 276 g/mol. The molecule has 0 aromatic heterocycles. The molecule has 1 N–H and O–H groups in total. The van der Waals surface area contributed by atoms with Crippen molar-refractivity contribution >= 4 is 52.7 Å². The zero-order valence-electron chi connectivity index (χ0n) is 7.75.